The molecule has 2 rings (SSSR count). The van der Waals surface area contributed by atoms with Gasteiger partial charge in [-0.05, 0) is 37.2 Å². The number of aliphatic hydroxyl groups excluding tert-OH is 2. The minimum atomic E-state index is -0.970. The van der Waals surface area contributed by atoms with Gasteiger partial charge in [0.05, 0.1) is 42.9 Å². The lowest BCUT2D eigenvalue weighted by atomic mass is 9.89. The van der Waals surface area contributed by atoms with Crippen molar-refractivity contribution in [3.63, 3.8) is 0 Å². The van der Waals surface area contributed by atoms with E-state index in [9.17, 15) is 19.8 Å². The van der Waals surface area contributed by atoms with Crippen LogP contribution in [0, 0.1) is 17.8 Å². The first-order valence-electron chi connectivity index (χ1n) is 15.8. The number of nitrogens with one attached hydrogen (secondary N) is 1. The fraction of sp³-hybridized carbons (Fsp3) is 0.758. The second-order valence-electron chi connectivity index (χ2n) is 12.7. The van der Waals surface area contributed by atoms with Crippen LogP contribution in [0.3, 0.4) is 0 Å². The maximum Gasteiger partial charge on any atom is 0.239 e. The topological polar surface area (TPSA) is 138 Å². The van der Waals surface area contributed by atoms with Crippen LogP contribution in [-0.4, -0.2) is 102 Å². The third kappa shape index (κ3) is 9.45. The molecule has 5 N–H and O–H groups in total. The van der Waals surface area contributed by atoms with Crippen LogP contribution in [0.2, 0.25) is 0 Å². The van der Waals surface area contributed by atoms with E-state index in [1.807, 2.05) is 62.9 Å². The maximum absolute atomic E-state index is 13.9. The molecule has 1 saturated heterocycles. The van der Waals surface area contributed by atoms with Crippen LogP contribution in [0.25, 0.3) is 0 Å². The highest BCUT2D eigenvalue weighted by molar-refractivity contribution is 5.82. The van der Waals surface area contributed by atoms with Crippen molar-refractivity contribution in [1.29, 1.82) is 0 Å². The minimum absolute atomic E-state index is 0.0112. The Bertz CT molecular complexity index is 981. The fourth-order valence-electron chi connectivity index (χ4n) is 6.34. The summed E-state index contributed by atoms with van der Waals surface area (Å²) >= 11 is 0. The van der Waals surface area contributed by atoms with Crippen LogP contribution in [-0.2, 0) is 19.1 Å². The summed E-state index contributed by atoms with van der Waals surface area (Å²) in [4.78, 5) is 30.6. The standard InChI is InChI=1S/C33H58N4O6/c1-10-21(4)29(36(7)33(41)28(34)20(2)3)26(42-8)19-27(38)37-18-14-17-25(37)31(43-9)22(5)32(40)35-23(6)30(39)24-15-12-11-13-16-24/h11-13,15-16,20-23,25-26,28-32,35,39-40H,10,14,17-19,34H2,1-9H3. The number of aliphatic hydroxyl groups is 2. The number of methoxy groups -OCH3 is 2. The van der Waals surface area contributed by atoms with Crippen molar-refractivity contribution in [3.05, 3.63) is 35.9 Å². The number of hydrogen-bond donors (Lipinski definition) is 4. The van der Waals surface area contributed by atoms with E-state index in [0.717, 1.165) is 24.8 Å². The summed E-state index contributed by atoms with van der Waals surface area (Å²) in [6.07, 6.45) is -0.215. The van der Waals surface area contributed by atoms with Gasteiger partial charge in [0.2, 0.25) is 11.8 Å². The molecule has 10 heteroatoms. The van der Waals surface area contributed by atoms with Gasteiger partial charge in [0.25, 0.3) is 0 Å². The quantitative estimate of drug-likeness (QED) is 0.199. The monoisotopic (exact) mass is 606 g/mol. The van der Waals surface area contributed by atoms with E-state index in [-0.39, 0.29) is 48.1 Å². The number of benzene rings is 1. The van der Waals surface area contributed by atoms with Crippen molar-refractivity contribution in [1.82, 2.24) is 15.1 Å². The number of hydrogen-bond acceptors (Lipinski definition) is 8. The van der Waals surface area contributed by atoms with Crippen LogP contribution in [0.15, 0.2) is 30.3 Å². The van der Waals surface area contributed by atoms with Crippen LogP contribution in [0.5, 0.6) is 0 Å². The first kappa shape index (κ1) is 37.1. The normalized spacial score (nSPS) is 21.9. The van der Waals surface area contributed by atoms with Crippen LogP contribution >= 0.6 is 0 Å². The molecule has 0 radical (unpaired) electrons. The Morgan fingerprint density at radius 2 is 1.72 bits per heavy atom. The molecule has 0 bridgehead atoms. The average molecular weight is 607 g/mol. The predicted octanol–water partition coefficient (Wildman–Crippen LogP) is 2.92. The Morgan fingerprint density at radius 3 is 2.26 bits per heavy atom. The number of likely N-dealkylation sites (tertiary alicyclic amines) is 1. The molecule has 246 valence electrons. The Balaban J connectivity index is 2.17. The summed E-state index contributed by atoms with van der Waals surface area (Å²) in [6.45, 7) is 12.3. The molecule has 2 amide bonds. The molecule has 10 nitrogen and oxygen atoms in total. The molecular weight excluding hydrogens is 548 g/mol. The third-order valence-electron chi connectivity index (χ3n) is 9.42. The minimum Gasteiger partial charge on any atom is -0.387 e. The molecule has 43 heavy (non-hydrogen) atoms. The summed E-state index contributed by atoms with van der Waals surface area (Å²) in [5, 5.41) is 25.0. The molecule has 1 heterocycles. The molecule has 0 saturated carbocycles. The predicted molar refractivity (Wildman–Crippen MR) is 169 cm³/mol. The van der Waals surface area contributed by atoms with Gasteiger partial charge in [0.1, 0.15) is 6.23 Å². The largest absolute Gasteiger partial charge is 0.387 e. The molecule has 10 unspecified atom stereocenters. The van der Waals surface area contributed by atoms with Crippen molar-refractivity contribution in [3.8, 4) is 0 Å². The van der Waals surface area contributed by atoms with Crippen molar-refractivity contribution in [2.75, 3.05) is 27.8 Å². The van der Waals surface area contributed by atoms with Crippen molar-refractivity contribution < 1.29 is 29.3 Å². The number of ether oxygens (including phenoxy) is 2. The van der Waals surface area contributed by atoms with Gasteiger partial charge in [-0.3, -0.25) is 14.9 Å². The lowest BCUT2D eigenvalue weighted by Gasteiger charge is -2.40. The summed E-state index contributed by atoms with van der Waals surface area (Å²) in [5.41, 5.74) is 6.98. The second-order valence-corrected chi connectivity index (χ2v) is 12.7. The van der Waals surface area contributed by atoms with Crippen LogP contribution in [0.4, 0.5) is 0 Å². The van der Waals surface area contributed by atoms with Gasteiger partial charge < -0.3 is 35.2 Å². The number of rotatable bonds is 17. The average Bonchev–Trinajstić information content (AvgIpc) is 3.49. The van der Waals surface area contributed by atoms with E-state index >= 15 is 0 Å². The third-order valence-corrected chi connectivity index (χ3v) is 9.42. The van der Waals surface area contributed by atoms with Gasteiger partial charge in [0.15, 0.2) is 0 Å². The summed E-state index contributed by atoms with van der Waals surface area (Å²) in [7, 11) is 4.94. The molecule has 1 aromatic carbocycles. The number of nitrogens with two attached hydrogens (primary N) is 1. The molecule has 1 aliphatic rings. The Hall–Kier alpha value is -2.08. The summed E-state index contributed by atoms with van der Waals surface area (Å²) < 4.78 is 11.8. The van der Waals surface area contributed by atoms with E-state index in [2.05, 4.69) is 19.2 Å². The van der Waals surface area contributed by atoms with Gasteiger partial charge in [-0.15, -0.1) is 0 Å². The summed E-state index contributed by atoms with van der Waals surface area (Å²) in [6, 6.07) is 7.73. The molecule has 10 atom stereocenters. The zero-order valence-electron chi connectivity index (χ0n) is 27.8. The Morgan fingerprint density at radius 1 is 1.09 bits per heavy atom. The number of carbonyl (C=O) groups excluding carboxylic acids is 2. The molecular formula is C33H58N4O6. The van der Waals surface area contributed by atoms with Crippen molar-refractivity contribution >= 4 is 11.8 Å². The molecule has 0 aliphatic carbocycles. The first-order valence-corrected chi connectivity index (χ1v) is 15.8. The highest BCUT2D eigenvalue weighted by Gasteiger charge is 2.42. The van der Waals surface area contributed by atoms with Gasteiger partial charge in [-0.2, -0.15) is 0 Å². The lowest BCUT2D eigenvalue weighted by Crippen LogP contribution is -2.56. The highest BCUT2D eigenvalue weighted by atomic mass is 16.5. The first-order chi connectivity index (χ1) is 20.3. The second kappa shape index (κ2) is 17.4. The van der Waals surface area contributed by atoms with Crippen LogP contribution in [0.1, 0.15) is 78.9 Å². The highest BCUT2D eigenvalue weighted by Crippen LogP contribution is 2.30. The molecule has 1 aliphatic heterocycles. The van der Waals surface area contributed by atoms with E-state index < -0.39 is 36.6 Å². The lowest BCUT2D eigenvalue weighted by molar-refractivity contribution is -0.146. The van der Waals surface area contributed by atoms with E-state index in [1.165, 1.54) is 0 Å². The van der Waals surface area contributed by atoms with Crippen molar-refractivity contribution in [2.24, 2.45) is 23.5 Å². The maximum atomic E-state index is 13.9. The number of carbonyl (C=O) groups is 2. The smallest absolute Gasteiger partial charge is 0.239 e. The van der Waals surface area contributed by atoms with Gasteiger partial charge >= 0.3 is 0 Å². The van der Waals surface area contributed by atoms with Crippen LogP contribution < -0.4 is 11.1 Å². The van der Waals surface area contributed by atoms with E-state index in [4.69, 9.17) is 15.2 Å². The molecule has 1 fully saturated rings. The zero-order valence-corrected chi connectivity index (χ0v) is 27.8. The Labute approximate surface area is 259 Å². The van der Waals surface area contributed by atoms with E-state index in [0.29, 0.717) is 6.54 Å². The molecule has 1 aromatic rings. The Kier molecular flexibility index (Phi) is 15.0. The van der Waals surface area contributed by atoms with Gasteiger partial charge in [-0.25, -0.2) is 0 Å². The number of likely N-dealkylation sites (N-methyl/N-ethyl adjacent to an activating group) is 1. The fourth-order valence-corrected chi connectivity index (χ4v) is 6.34. The van der Waals surface area contributed by atoms with Gasteiger partial charge in [-0.1, -0.05) is 71.4 Å². The summed E-state index contributed by atoms with van der Waals surface area (Å²) in [5.74, 6) is -0.526. The van der Waals surface area contributed by atoms with Crippen molar-refractivity contribution in [2.45, 2.75) is 116 Å². The zero-order chi connectivity index (χ0) is 32.4. The van der Waals surface area contributed by atoms with Gasteiger partial charge in [0, 0.05) is 39.8 Å². The number of nitrogens with zero attached hydrogens (tertiary/aromatic N) is 2. The number of amides is 2. The SMILES string of the molecule is CCC(C)C(C(CC(=O)N1CCCC1C(OC)C(C)C(O)NC(C)C(O)c1ccccc1)OC)N(C)C(=O)C(N)C(C)C. The van der Waals surface area contributed by atoms with E-state index in [1.54, 1.807) is 26.2 Å². The molecule has 0 spiro atoms. The molecule has 0 aromatic heterocycles.